The van der Waals surface area contributed by atoms with Crippen molar-refractivity contribution in [3.05, 3.63) is 35.9 Å². The van der Waals surface area contributed by atoms with Gasteiger partial charge in [0.15, 0.2) is 0 Å². The standard InChI is InChI=1S/C17H28N2O/c1-4-14(5-2)17(15-9-7-6-8-10-15)19-16(20)12-11-13(3)18/h6-10,13-14,17H,4-5,11-12,18H2,1-3H3,(H,19,20). The quantitative estimate of drug-likeness (QED) is 0.764. The minimum Gasteiger partial charge on any atom is -0.349 e. The third-order valence-electron chi connectivity index (χ3n) is 3.82. The van der Waals surface area contributed by atoms with Gasteiger partial charge in [-0.3, -0.25) is 4.79 Å². The van der Waals surface area contributed by atoms with Gasteiger partial charge in [0.1, 0.15) is 0 Å². The van der Waals surface area contributed by atoms with E-state index in [1.807, 2.05) is 25.1 Å². The molecule has 112 valence electrons. The number of nitrogens with one attached hydrogen (secondary N) is 1. The van der Waals surface area contributed by atoms with E-state index in [2.05, 4.69) is 31.3 Å². The SMILES string of the molecule is CCC(CC)C(NC(=O)CCC(C)N)c1ccccc1. The molecule has 1 rings (SSSR count). The molecule has 3 N–H and O–H groups in total. The van der Waals surface area contributed by atoms with Gasteiger partial charge >= 0.3 is 0 Å². The lowest BCUT2D eigenvalue weighted by atomic mass is 9.88. The molecule has 20 heavy (non-hydrogen) atoms. The van der Waals surface area contributed by atoms with E-state index in [-0.39, 0.29) is 18.0 Å². The molecule has 0 aromatic heterocycles. The first-order valence-electron chi connectivity index (χ1n) is 7.68. The summed E-state index contributed by atoms with van der Waals surface area (Å²) in [5.74, 6) is 0.569. The number of carbonyl (C=O) groups excluding carboxylic acids is 1. The van der Waals surface area contributed by atoms with Crippen LogP contribution in [0.15, 0.2) is 30.3 Å². The summed E-state index contributed by atoms with van der Waals surface area (Å²) in [6.45, 7) is 6.29. The molecule has 2 atom stereocenters. The zero-order valence-corrected chi connectivity index (χ0v) is 12.9. The molecule has 0 heterocycles. The van der Waals surface area contributed by atoms with Gasteiger partial charge in [0.2, 0.25) is 5.91 Å². The molecule has 0 aliphatic rings. The van der Waals surface area contributed by atoms with E-state index in [9.17, 15) is 4.79 Å². The lowest BCUT2D eigenvalue weighted by Crippen LogP contribution is -2.34. The van der Waals surface area contributed by atoms with Crippen LogP contribution in [0.25, 0.3) is 0 Å². The number of amides is 1. The second-order valence-electron chi connectivity index (χ2n) is 5.55. The van der Waals surface area contributed by atoms with E-state index < -0.39 is 0 Å². The van der Waals surface area contributed by atoms with Crippen LogP contribution >= 0.6 is 0 Å². The molecule has 1 amide bonds. The predicted molar refractivity (Wildman–Crippen MR) is 84.3 cm³/mol. The van der Waals surface area contributed by atoms with E-state index in [0.717, 1.165) is 19.3 Å². The Morgan fingerprint density at radius 3 is 2.30 bits per heavy atom. The smallest absolute Gasteiger partial charge is 0.220 e. The van der Waals surface area contributed by atoms with E-state index in [4.69, 9.17) is 5.73 Å². The topological polar surface area (TPSA) is 55.1 Å². The van der Waals surface area contributed by atoms with Crippen molar-refractivity contribution in [3.63, 3.8) is 0 Å². The van der Waals surface area contributed by atoms with Crippen LogP contribution in [0.1, 0.15) is 58.1 Å². The molecule has 0 fully saturated rings. The molecule has 0 bridgehead atoms. The summed E-state index contributed by atoms with van der Waals surface area (Å²) in [4.78, 5) is 12.1. The first kappa shape index (κ1) is 16.7. The van der Waals surface area contributed by atoms with Gasteiger partial charge in [-0.25, -0.2) is 0 Å². The first-order chi connectivity index (χ1) is 9.58. The van der Waals surface area contributed by atoms with Crippen LogP contribution in [0.2, 0.25) is 0 Å². The Hall–Kier alpha value is -1.35. The predicted octanol–water partition coefficient (Wildman–Crippen LogP) is 3.41. The Morgan fingerprint density at radius 1 is 1.20 bits per heavy atom. The van der Waals surface area contributed by atoms with Crippen LogP contribution in [0, 0.1) is 5.92 Å². The van der Waals surface area contributed by atoms with Gasteiger partial charge in [-0.15, -0.1) is 0 Å². The van der Waals surface area contributed by atoms with Crippen LogP contribution < -0.4 is 11.1 Å². The fraction of sp³-hybridized carbons (Fsp3) is 0.588. The van der Waals surface area contributed by atoms with Crippen LogP contribution in [0.3, 0.4) is 0 Å². The molecular weight excluding hydrogens is 248 g/mol. The monoisotopic (exact) mass is 276 g/mol. The molecule has 0 aliphatic heterocycles. The highest BCUT2D eigenvalue weighted by Crippen LogP contribution is 2.27. The molecule has 0 spiro atoms. The Kier molecular flexibility index (Phi) is 7.31. The molecule has 3 nitrogen and oxygen atoms in total. The number of rotatable bonds is 8. The third kappa shape index (κ3) is 5.33. The number of hydrogen-bond acceptors (Lipinski definition) is 2. The summed E-state index contributed by atoms with van der Waals surface area (Å²) in [6, 6.07) is 10.4. The average molecular weight is 276 g/mol. The maximum Gasteiger partial charge on any atom is 0.220 e. The van der Waals surface area contributed by atoms with Gasteiger partial charge < -0.3 is 11.1 Å². The summed E-state index contributed by atoms with van der Waals surface area (Å²) >= 11 is 0. The van der Waals surface area contributed by atoms with E-state index >= 15 is 0 Å². The summed E-state index contributed by atoms with van der Waals surface area (Å²) in [5.41, 5.74) is 6.90. The van der Waals surface area contributed by atoms with Crippen molar-refractivity contribution in [1.29, 1.82) is 0 Å². The van der Waals surface area contributed by atoms with Gasteiger partial charge in [-0.05, 0) is 24.8 Å². The maximum absolute atomic E-state index is 12.1. The van der Waals surface area contributed by atoms with Gasteiger partial charge in [-0.2, -0.15) is 0 Å². The third-order valence-corrected chi connectivity index (χ3v) is 3.82. The minimum absolute atomic E-state index is 0.0732. The highest BCUT2D eigenvalue weighted by Gasteiger charge is 2.22. The normalized spacial score (nSPS) is 14.1. The zero-order valence-electron chi connectivity index (χ0n) is 12.9. The van der Waals surface area contributed by atoms with Crippen molar-refractivity contribution in [1.82, 2.24) is 5.32 Å². The molecular formula is C17H28N2O. The molecule has 0 saturated heterocycles. The maximum atomic E-state index is 12.1. The average Bonchev–Trinajstić information content (AvgIpc) is 2.46. The van der Waals surface area contributed by atoms with Crippen LogP contribution in [0.5, 0.6) is 0 Å². The van der Waals surface area contributed by atoms with Gasteiger partial charge in [-0.1, -0.05) is 57.0 Å². The van der Waals surface area contributed by atoms with Crippen LogP contribution in [-0.4, -0.2) is 11.9 Å². The lowest BCUT2D eigenvalue weighted by Gasteiger charge is -2.27. The largest absolute Gasteiger partial charge is 0.349 e. The molecule has 0 saturated carbocycles. The van der Waals surface area contributed by atoms with Crippen molar-refractivity contribution in [2.75, 3.05) is 0 Å². The Morgan fingerprint density at radius 2 is 1.80 bits per heavy atom. The van der Waals surface area contributed by atoms with Crippen molar-refractivity contribution >= 4 is 5.91 Å². The second kappa shape index (κ2) is 8.75. The Labute approximate surface area is 122 Å². The van der Waals surface area contributed by atoms with Crippen molar-refractivity contribution in [3.8, 4) is 0 Å². The molecule has 1 aromatic carbocycles. The van der Waals surface area contributed by atoms with Crippen molar-refractivity contribution in [2.45, 2.75) is 58.5 Å². The molecule has 1 aromatic rings. The molecule has 0 aliphatic carbocycles. The minimum atomic E-state index is 0.0732. The zero-order chi connectivity index (χ0) is 15.0. The number of benzene rings is 1. The lowest BCUT2D eigenvalue weighted by molar-refractivity contribution is -0.122. The van der Waals surface area contributed by atoms with E-state index in [1.165, 1.54) is 5.56 Å². The van der Waals surface area contributed by atoms with E-state index in [0.29, 0.717) is 12.3 Å². The molecule has 0 radical (unpaired) electrons. The van der Waals surface area contributed by atoms with Gasteiger partial charge in [0, 0.05) is 12.5 Å². The highest BCUT2D eigenvalue weighted by atomic mass is 16.1. The summed E-state index contributed by atoms with van der Waals surface area (Å²) < 4.78 is 0. The van der Waals surface area contributed by atoms with Crippen molar-refractivity contribution < 1.29 is 4.79 Å². The Bertz CT molecular complexity index is 385. The first-order valence-corrected chi connectivity index (χ1v) is 7.68. The van der Waals surface area contributed by atoms with Gasteiger partial charge in [0.25, 0.3) is 0 Å². The van der Waals surface area contributed by atoms with Crippen LogP contribution in [0.4, 0.5) is 0 Å². The van der Waals surface area contributed by atoms with Crippen LogP contribution in [-0.2, 0) is 4.79 Å². The summed E-state index contributed by atoms with van der Waals surface area (Å²) in [6.07, 6.45) is 3.35. The fourth-order valence-corrected chi connectivity index (χ4v) is 2.50. The number of carbonyl (C=O) groups is 1. The molecule has 3 heteroatoms. The Balaban J connectivity index is 2.76. The summed E-state index contributed by atoms with van der Waals surface area (Å²) in [5, 5.41) is 3.20. The van der Waals surface area contributed by atoms with Gasteiger partial charge in [0.05, 0.1) is 6.04 Å². The van der Waals surface area contributed by atoms with E-state index in [1.54, 1.807) is 0 Å². The fourth-order valence-electron chi connectivity index (χ4n) is 2.50. The molecule has 2 unspecified atom stereocenters. The number of hydrogen-bond donors (Lipinski definition) is 2. The summed E-state index contributed by atoms with van der Waals surface area (Å²) in [7, 11) is 0. The number of nitrogens with two attached hydrogens (primary N) is 1. The van der Waals surface area contributed by atoms with Crippen molar-refractivity contribution in [2.24, 2.45) is 11.7 Å². The highest BCUT2D eigenvalue weighted by molar-refractivity contribution is 5.76. The second-order valence-corrected chi connectivity index (χ2v) is 5.55.